The molecular formula is C73H50F6N4Si. The molecule has 0 spiro atoms. The summed E-state index contributed by atoms with van der Waals surface area (Å²) in [5.74, 6) is 1.27. The van der Waals surface area contributed by atoms with Gasteiger partial charge in [-0.05, 0) is 128 Å². The Bertz CT molecular complexity index is 4430. The van der Waals surface area contributed by atoms with E-state index in [0.717, 1.165) is 40.5 Å². The third-order valence-electron chi connectivity index (χ3n) is 15.8. The molecule has 0 N–H and O–H groups in total. The highest BCUT2D eigenvalue weighted by Gasteiger charge is 2.42. The van der Waals surface area contributed by atoms with Crippen molar-refractivity contribution in [1.29, 1.82) is 0 Å². The zero-order chi connectivity index (χ0) is 57.7. The quantitative estimate of drug-likeness (QED) is 0.0736. The first-order valence-corrected chi connectivity index (χ1v) is 29.5. The van der Waals surface area contributed by atoms with Crippen molar-refractivity contribution in [2.24, 2.45) is 0 Å². The minimum Gasteiger partial charge on any atom is -0.308 e. The SMILES string of the molecule is Cc1ccc(-c2ccc3c(c2)c2cc(-c4ccc(C(F)(F)F)cc4C)ccc2n3-c2ccc(-c3cccc([Si](c4ccccc4)(c4ccccc4)c4ccccc4)c3)cc2-c2nc(-c3ccccc3)nc(-c3ccccc3)n2)c(C(F)(F)F)c1. The molecule has 0 fully saturated rings. The van der Waals surface area contributed by atoms with Crippen molar-refractivity contribution in [2.45, 2.75) is 26.2 Å². The zero-order valence-electron chi connectivity index (χ0n) is 45.5. The van der Waals surface area contributed by atoms with Gasteiger partial charge in [-0.25, -0.2) is 15.0 Å². The topological polar surface area (TPSA) is 43.6 Å². The van der Waals surface area contributed by atoms with Crippen LogP contribution >= 0.6 is 0 Å². The van der Waals surface area contributed by atoms with Gasteiger partial charge in [0.15, 0.2) is 25.5 Å². The Labute approximate surface area is 482 Å². The van der Waals surface area contributed by atoms with Crippen molar-refractivity contribution >= 4 is 50.6 Å². The number of fused-ring (bicyclic) bond motifs is 3. The summed E-state index contributed by atoms with van der Waals surface area (Å²) in [4.78, 5) is 15.7. The predicted octanol–water partition coefficient (Wildman–Crippen LogP) is 17.0. The number of nitrogens with zero attached hydrogens (tertiary/aromatic N) is 4. The molecular weight excluding hydrogens is 1070 g/mol. The largest absolute Gasteiger partial charge is 0.417 e. The smallest absolute Gasteiger partial charge is 0.308 e. The molecule has 0 atom stereocenters. The molecule has 84 heavy (non-hydrogen) atoms. The van der Waals surface area contributed by atoms with Crippen molar-refractivity contribution in [3.8, 4) is 73.2 Å². The van der Waals surface area contributed by atoms with Gasteiger partial charge in [-0.15, -0.1) is 0 Å². The number of halogens is 6. The highest BCUT2D eigenvalue weighted by Crippen LogP contribution is 2.44. The summed E-state index contributed by atoms with van der Waals surface area (Å²) in [7, 11) is -2.99. The van der Waals surface area contributed by atoms with E-state index in [9.17, 15) is 26.3 Å². The van der Waals surface area contributed by atoms with Crippen LogP contribution in [0.1, 0.15) is 22.3 Å². The van der Waals surface area contributed by atoms with E-state index in [2.05, 4.69) is 132 Å². The highest BCUT2D eigenvalue weighted by atomic mass is 28.3. The fourth-order valence-electron chi connectivity index (χ4n) is 11.9. The predicted molar refractivity (Wildman–Crippen MR) is 330 cm³/mol. The van der Waals surface area contributed by atoms with Crippen LogP contribution in [0.4, 0.5) is 26.3 Å². The fourth-order valence-corrected chi connectivity index (χ4v) is 16.7. The lowest BCUT2D eigenvalue weighted by molar-refractivity contribution is -0.138. The number of benzene rings is 11. The third-order valence-corrected chi connectivity index (χ3v) is 20.6. The maximum absolute atomic E-state index is 14.9. The Morgan fingerprint density at radius 1 is 0.333 bits per heavy atom. The molecule has 0 saturated heterocycles. The van der Waals surface area contributed by atoms with Crippen LogP contribution in [0, 0.1) is 13.8 Å². The molecule has 0 bridgehead atoms. The molecule has 2 heterocycles. The molecule has 408 valence electrons. The Morgan fingerprint density at radius 2 is 0.786 bits per heavy atom. The van der Waals surface area contributed by atoms with Gasteiger partial charge < -0.3 is 4.57 Å². The lowest BCUT2D eigenvalue weighted by atomic mass is 9.95. The molecule has 0 amide bonds. The lowest BCUT2D eigenvalue weighted by Crippen LogP contribution is -2.74. The maximum Gasteiger partial charge on any atom is 0.417 e. The molecule has 13 aromatic rings. The molecule has 2 aromatic heterocycles. The number of aromatic nitrogens is 4. The van der Waals surface area contributed by atoms with Crippen molar-refractivity contribution in [1.82, 2.24) is 19.5 Å². The van der Waals surface area contributed by atoms with Gasteiger partial charge in [0, 0.05) is 27.5 Å². The third kappa shape index (κ3) is 9.75. The standard InChI is InChI=1S/C73H50F6N4Si/c1-47-31-36-61(65(41-47)73(77,78)79)54-34-40-67-63(46-54)62-45-53(60-37-35-55(42-48(60)2)72(74,75)76)33-39-66(62)83(67)68-38-32-52(44-64(68)71-81-69(49-19-8-3-9-20-49)80-70(82-71)50-21-10-4-11-22-50)51-23-18-30-59(43-51)84(56-24-12-5-13-25-56,57-26-14-6-15-27-57)58-28-16-7-17-29-58/h3-46H,1-2H3. The summed E-state index contributed by atoms with van der Waals surface area (Å²) < 4.78 is 89.0. The van der Waals surface area contributed by atoms with Crippen LogP contribution in [0.5, 0.6) is 0 Å². The van der Waals surface area contributed by atoms with Gasteiger partial charge in [-0.2, -0.15) is 26.3 Å². The molecule has 11 aromatic carbocycles. The number of aryl methyl sites for hydroxylation is 2. The molecule has 11 heteroatoms. The van der Waals surface area contributed by atoms with Crippen LogP contribution in [-0.4, -0.2) is 27.6 Å². The summed E-state index contributed by atoms with van der Waals surface area (Å²) in [6.45, 7) is 3.28. The maximum atomic E-state index is 14.9. The molecule has 0 saturated carbocycles. The number of hydrogen-bond acceptors (Lipinski definition) is 3. The van der Waals surface area contributed by atoms with Crippen LogP contribution in [0.15, 0.2) is 267 Å². The minimum absolute atomic E-state index is 0.0175. The van der Waals surface area contributed by atoms with E-state index in [1.165, 1.54) is 32.9 Å². The summed E-state index contributed by atoms with van der Waals surface area (Å²) in [5, 5.41) is 6.15. The molecule has 0 aliphatic heterocycles. The zero-order valence-corrected chi connectivity index (χ0v) is 46.5. The molecule has 0 radical (unpaired) electrons. The van der Waals surface area contributed by atoms with E-state index >= 15 is 0 Å². The minimum atomic E-state index is -4.65. The van der Waals surface area contributed by atoms with Crippen molar-refractivity contribution < 1.29 is 26.3 Å². The van der Waals surface area contributed by atoms with E-state index in [1.807, 2.05) is 91.0 Å². The van der Waals surface area contributed by atoms with Crippen LogP contribution < -0.4 is 20.7 Å². The molecule has 0 unspecified atom stereocenters. The van der Waals surface area contributed by atoms with Crippen LogP contribution in [0.2, 0.25) is 0 Å². The molecule has 0 aliphatic carbocycles. The second-order valence-electron chi connectivity index (χ2n) is 21.1. The monoisotopic (exact) mass is 1120 g/mol. The van der Waals surface area contributed by atoms with Crippen molar-refractivity contribution in [2.75, 3.05) is 0 Å². The molecule has 13 rings (SSSR count). The Morgan fingerprint density at radius 3 is 1.30 bits per heavy atom. The Hall–Kier alpha value is -9.97. The molecule has 4 nitrogen and oxygen atoms in total. The van der Waals surface area contributed by atoms with Gasteiger partial charge in [0.2, 0.25) is 0 Å². The van der Waals surface area contributed by atoms with Gasteiger partial charge in [0.25, 0.3) is 0 Å². The van der Waals surface area contributed by atoms with Gasteiger partial charge in [0.05, 0.1) is 27.8 Å². The number of rotatable bonds is 11. The fraction of sp³-hybridized carbons (Fsp3) is 0.0548. The first kappa shape index (κ1) is 53.3. The summed E-state index contributed by atoms with van der Waals surface area (Å²) >= 11 is 0. The van der Waals surface area contributed by atoms with E-state index in [0.29, 0.717) is 78.3 Å². The number of hydrogen-bond donors (Lipinski definition) is 0. The normalized spacial score (nSPS) is 12.0. The second kappa shape index (κ2) is 21.4. The first-order valence-electron chi connectivity index (χ1n) is 27.5. The average molecular weight is 1130 g/mol. The van der Waals surface area contributed by atoms with Gasteiger partial charge in [-0.1, -0.05) is 218 Å². The Kier molecular flexibility index (Phi) is 13.6. The Balaban J connectivity index is 1.09. The summed E-state index contributed by atoms with van der Waals surface area (Å²) in [5.41, 5.74) is 6.97. The van der Waals surface area contributed by atoms with Crippen LogP contribution in [-0.2, 0) is 12.4 Å². The van der Waals surface area contributed by atoms with Crippen LogP contribution in [0.3, 0.4) is 0 Å². The van der Waals surface area contributed by atoms with Gasteiger partial charge in [-0.3, -0.25) is 0 Å². The first-order chi connectivity index (χ1) is 40.7. The van der Waals surface area contributed by atoms with Gasteiger partial charge >= 0.3 is 12.4 Å². The van der Waals surface area contributed by atoms with E-state index in [-0.39, 0.29) is 5.56 Å². The van der Waals surface area contributed by atoms with E-state index < -0.39 is 31.6 Å². The summed E-state index contributed by atoms with van der Waals surface area (Å²) in [6.07, 6.45) is -9.19. The highest BCUT2D eigenvalue weighted by molar-refractivity contribution is 7.19. The van der Waals surface area contributed by atoms with Crippen molar-refractivity contribution in [3.05, 3.63) is 289 Å². The van der Waals surface area contributed by atoms with Crippen molar-refractivity contribution in [3.63, 3.8) is 0 Å². The second-order valence-corrected chi connectivity index (χ2v) is 24.9. The lowest BCUT2D eigenvalue weighted by Gasteiger charge is -2.34. The van der Waals surface area contributed by atoms with Gasteiger partial charge in [0.1, 0.15) is 0 Å². The average Bonchev–Trinajstić information content (AvgIpc) is 2.52. The van der Waals surface area contributed by atoms with E-state index in [4.69, 9.17) is 15.0 Å². The number of alkyl halides is 6. The molecule has 0 aliphatic rings. The van der Waals surface area contributed by atoms with E-state index in [1.54, 1.807) is 32.0 Å². The van der Waals surface area contributed by atoms with Crippen LogP contribution in [0.25, 0.3) is 95.0 Å². The summed E-state index contributed by atoms with van der Waals surface area (Å²) in [6, 6.07) is 85.7.